The number of hydrogen-bond acceptors (Lipinski definition) is 4. The molecule has 0 amide bonds. The normalized spacial score (nSPS) is 16.3. The minimum absolute atomic E-state index is 0.0381. The summed E-state index contributed by atoms with van der Waals surface area (Å²) in [7, 11) is 3.95. The summed E-state index contributed by atoms with van der Waals surface area (Å²) in [5.41, 5.74) is 4.82. The van der Waals surface area contributed by atoms with E-state index < -0.39 is 0 Å². The van der Waals surface area contributed by atoms with E-state index in [4.69, 9.17) is 4.74 Å². The largest absolute Gasteiger partial charge is 0.496 e. The molecule has 3 aromatic rings. The number of methoxy groups -OCH3 is 1. The monoisotopic (exact) mass is 377 g/mol. The van der Waals surface area contributed by atoms with Gasteiger partial charge >= 0.3 is 0 Å². The van der Waals surface area contributed by atoms with E-state index >= 15 is 0 Å². The van der Waals surface area contributed by atoms with Crippen molar-refractivity contribution in [1.29, 1.82) is 0 Å². The second-order valence-corrected chi connectivity index (χ2v) is 7.74. The highest BCUT2D eigenvalue weighted by Gasteiger charge is 2.23. The minimum Gasteiger partial charge on any atom is -0.496 e. The lowest BCUT2D eigenvalue weighted by Crippen LogP contribution is -2.28. The zero-order chi connectivity index (χ0) is 19.5. The number of rotatable bonds is 6. The summed E-state index contributed by atoms with van der Waals surface area (Å²) < 4.78 is 5.57. The van der Waals surface area contributed by atoms with E-state index in [-0.39, 0.29) is 5.43 Å². The molecule has 146 valence electrons. The number of nitrogens with zero attached hydrogens (tertiary/aromatic N) is 2. The second kappa shape index (κ2) is 8.15. The quantitative estimate of drug-likeness (QED) is 0.714. The van der Waals surface area contributed by atoms with Crippen LogP contribution in [-0.2, 0) is 12.8 Å². The van der Waals surface area contributed by atoms with Gasteiger partial charge in [0.2, 0.25) is 5.43 Å². The molecule has 0 saturated carbocycles. The third-order valence-electron chi connectivity index (χ3n) is 5.84. The van der Waals surface area contributed by atoms with Crippen LogP contribution >= 0.6 is 0 Å². The average molecular weight is 377 g/mol. The lowest BCUT2D eigenvalue weighted by molar-refractivity contribution is 0.299. The average Bonchev–Trinajstić information content (AvgIpc) is 2.72. The minimum atomic E-state index is -0.0381. The Morgan fingerprint density at radius 2 is 2.18 bits per heavy atom. The molecule has 1 unspecified atom stereocenters. The second-order valence-electron chi connectivity index (χ2n) is 7.74. The number of H-pyrrole nitrogens is 1. The topological polar surface area (TPSA) is 58.2 Å². The summed E-state index contributed by atoms with van der Waals surface area (Å²) in [6.07, 6.45) is 5.83. The first-order valence-corrected chi connectivity index (χ1v) is 9.96. The maximum absolute atomic E-state index is 11.8. The highest BCUT2D eigenvalue weighted by atomic mass is 16.5. The molecule has 1 aliphatic rings. The van der Waals surface area contributed by atoms with Crippen LogP contribution in [0.25, 0.3) is 10.9 Å². The molecule has 1 N–H and O–H groups in total. The first-order valence-electron chi connectivity index (χ1n) is 9.96. The Morgan fingerprint density at radius 1 is 1.29 bits per heavy atom. The number of aromatic amines is 1. The van der Waals surface area contributed by atoms with E-state index in [0.717, 1.165) is 37.2 Å². The predicted molar refractivity (Wildman–Crippen MR) is 112 cm³/mol. The molecule has 0 bridgehead atoms. The summed E-state index contributed by atoms with van der Waals surface area (Å²) in [6, 6.07) is 12.4. The van der Waals surface area contributed by atoms with E-state index in [2.05, 4.69) is 40.3 Å². The lowest BCUT2D eigenvalue weighted by atomic mass is 9.82. The van der Waals surface area contributed by atoms with Gasteiger partial charge in [0.15, 0.2) is 0 Å². The molecule has 1 aromatic heterocycles. The van der Waals surface area contributed by atoms with Gasteiger partial charge in [-0.25, -0.2) is 0 Å². The standard InChI is InChI=1S/C23H27N3O2/c1-26(12-11-16-9-10-20-21(13-16)25-24-14-22(20)27)15-17-5-3-7-19-18(17)6-4-8-23(19)28-2/h4,6,8-10,13-14,17H,3,5,7,11-12,15H2,1-2H3,(H,25,27). The molecule has 1 aliphatic carbocycles. The van der Waals surface area contributed by atoms with Crippen molar-refractivity contribution in [2.45, 2.75) is 31.6 Å². The van der Waals surface area contributed by atoms with Crippen LogP contribution in [-0.4, -0.2) is 42.3 Å². The van der Waals surface area contributed by atoms with Gasteiger partial charge in [-0.2, -0.15) is 5.10 Å². The first-order chi connectivity index (χ1) is 13.7. The van der Waals surface area contributed by atoms with Gasteiger partial charge in [-0.1, -0.05) is 18.2 Å². The van der Waals surface area contributed by atoms with Gasteiger partial charge in [-0.15, -0.1) is 0 Å². The van der Waals surface area contributed by atoms with Gasteiger partial charge in [0, 0.05) is 18.5 Å². The van der Waals surface area contributed by atoms with Crippen molar-refractivity contribution in [1.82, 2.24) is 15.1 Å². The van der Waals surface area contributed by atoms with Crippen LogP contribution in [0.15, 0.2) is 47.4 Å². The van der Waals surface area contributed by atoms with Crippen LogP contribution in [0.3, 0.4) is 0 Å². The molecule has 5 nitrogen and oxygen atoms in total. The predicted octanol–water partition coefficient (Wildman–Crippen LogP) is 3.53. The smallest absolute Gasteiger partial charge is 0.207 e. The van der Waals surface area contributed by atoms with E-state index in [1.54, 1.807) is 7.11 Å². The maximum atomic E-state index is 11.8. The molecule has 28 heavy (non-hydrogen) atoms. The van der Waals surface area contributed by atoms with Crippen molar-refractivity contribution in [3.8, 4) is 5.75 Å². The Bertz CT molecular complexity index is 1030. The SMILES string of the molecule is COc1cccc2c1CCCC2CN(C)CCc1ccc2c(=O)cn[nH]c2c1. The molecule has 2 aromatic carbocycles. The Labute approximate surface area is 165 Å². The van der Waals surface area contributed by atoms with E-state index in [1.165, 1.54) is 35.7 Å². The number of benzene rings is 2. The Kier molecular flexibility index (Phi) is 5.44. The number of likely N-dealkylation sites (N-methyl/N-ethyl adjacent to an activating group) is 1. The molecule has 0 spiro atoms. The third-order valence-corrected chi connectivity index (χ3v) is 5.84. The van der Waals surface area contributed by atoms with Crippen molar-refractivity contribution in [3.05, 3.63) is 69.5 Å². The van der Waals surface area contributed by atoms with Crippen LogP contribution < -0.4 is 10.2 Å². The number of fused-ring (bicyclic) bond motifs is 2. The Hall–Kier alpha value is -2.66. The maximum Gasteiger partial charge on any atom is 0.207 e. The highest BCUT2D eigenvalue weighted by molar-refractivity contribution is 5.78. The van der Waals surface area contributed by atoms with Crippen molar-refractivity contribution in [3.63, 3.8) is 0 Å². The fourth-order valence-corrected chi connectivity index (χ4v) is 4.37. The molecule has 0 fully saturated rings. The number of nitrogens with one attached hydrogen (secondary N) is 1. The summed E-state index contributed by atoms with van der Waals surface area (Å²) in [5, 5.41) is 7.53. The molecule has 4 rings (SSSR count). The van der Waals surface area contributed by atoms with E-state index in [9.17, 15) is 4.79 Å². The fraction of sp³-hybridized carbons (Fsp3) is 0.391. The van der Waals surface area contributed by atoms with Crippen LogP contribution in [0, 0.1) is 0 Å². The molecule has 1 heterocycles. The number of aromatic nitrogens is 2. The van der Waals surface area contributed by atoms with Gasteiger partial charge in [-0.3, -0.25) is 9.89 Å². The van der Waals surface area contributed by atoms with Gasteiger partial charge in [0.05, 0.1) is 18.8 Å². The number of ether oxygens (including phenoxy) is 1. The summed E-state index contributed by atoms with van der Waals surface area (Å²) in [5.74, 6) is 1.59. The molecular weight excluding hydrogens is 350 g/mol. The first kappa shape index (κ1) is 18.7. The summed E-state index contributed by atoms with van der Waals surface area (Å²) in [4.78, 5) is 14.2. The van der Waals surface area contributed by atoms with Crippen molar-refractivity contribution < 1.29 is 4.74 Å². The molecular formula is C23H27N3O2. The molecule has 0 aliphatic heterocycles. The molecule has 5 heteroatoms. The van der Waals surface area contributed by atoms with Crippen LogP contribution in [0.1, 0.15) is 35.4 Å². The Balaban J connectivity index is 1.42. The Morgan fingerprint density at radius 3 is 3.04 bits per heavy atom. The summed E-state index contributed by atoms with van der Waals surface area (Å²) in [6.45, 7) is 2.03. The summed E-state index contributed by atoms with van der Waals surface area (Å²) >= 11 is 0. The van der Waals surface area contributed by atoms with Crippen LogP contribution in [0.4, 0.5) is 0 Å². The third kappa shape index (κ3) is 3.80. The van der Waals surface area contributed by atoms with Crippen molar-refractivity contribution >= 4 is 10.9 Å². The van der Waals surface area contributed by atoms with Gasteiger partial charge in [0.25, 0.3) is 0 Å². The zero-order valence-corrected chi connectivity index (χ0v) is 16.6. The van der Waals surface area contributed by atoms with Gasteiger partial charge in [-0.05, 0) is 73.5 Å². The molecule has 0 radical (unpaired) electrons. The van der Waals surface area contributed by atoms with Crippen LogP contribution in [0.5, 0.6) is 5.75 Å². The van der Waals surface area contributed by atoms with E-state index in [1.807, 2.05) is 18.2 Å². The van der Waals surface area contributed by atoms with Gasteiger partial charge < -0.3 is 9.64 Å². The molecule has 0 saturated heterocycles. The van der Waals surface area contributed by atoms with E-state index in [0.29, 0.717) is 11.3 Å². The number of hydrogen-bond donors (Lipinski definition) is 1. The van der Waals surface area contributed by atoms with Gasteiger partial charge in [0.1, 0.15) is 5.75 Å². The van der Waals surface area contributed by atoms with Crippen LogP contribution in [0.2, 0.25) is 0 Å². The lowest BCUT2D eigenvalue weighted by Gasteiger charge is -2.30. The van der Waals surface area contributed by atoms with Crippen molar-refractivity contribution in [2.75, 3.05) is 27.2 Å². The molecule has 1 atom stereocenters. The zero-order valence-electron chi connectivity index (χ0n) is 16.6. The van der Waals surface area contributed by atoms with Crippen molar-refractivity contribution in [2.24, 2.45) is 0 Å². The highest BCUT2D eigenvalue weighted by Crippen LogP contribution is 2.36. The fourth-order valence-electron chi connectivity index (χ4n) is 4.37.